The number of aliphatic hydroxyl groups is 2. The number of hydrogen-bond acceptors (Lipinski definition) is 18. The maximum atomic E-state index is 12.5. The number of nitrogen functional groups attached to an aromatic ring is 1. The van der Waals surface area contributed by atoms with Crippen LogP contribution >= 0.6 is 12.4 Å². The van der Waals surface area contributed by atoms with Gasteiger partial charge in [0.15, 0.2) is 0 Å². The van der Waals surface area contributed by atoms with E-state index in [0.717, 1.165) is 146 Å². The molecule has 0 bridgehead atoms. The molecule has 0 aliphatic heterocycles. The normalized spacial score (nSPS) is 23.7. The molecule has 109 heavy (non-hydrogen) atoms. The zero-order chi connectivity index (χ0) is 79.9. The molecule has 1 amide bonds. The van der Waals surface area contributed by atoms with Gasteiger partial charge in [-0.1, -0.05) is 75.5 Å². The number of carbonyl (C=O) groups excluding carboxylic acids is 3. The zero-order valence-corrected chi connectivity index (χ0v) is 69.0. The van der Waals surface area contributed by atoms with E-state index in [1.165, 1.54) is 70.4 Å². The summed E-state index contributed by atoms with van der Waals surface area (Å²) in [6.07, 6.45) is 32.4. The molecule has 0 spiro atoms. The maximum absolute atomic E-state index is 12.5. The Kier molecular flexibility index (Phi) is 42.7. The number of esters is 2. The van der Waals surface area contributed by atoms with Gasteiger partial charge in [0.25, 0.3) is 22.2 Å². The summed E-state index contributed by atoms with van der Waals surface area (Å²) >= 11 is 0. The number of carboxylic acid groups (broad SMARTS) is 1. The van der Waals surface area contributed by atoms with Crippen LogP contribution in [0, 0.1) is 23.7 Å². The summed E-state index contributed by atoms with van der Waals surface area (Å²) in [5.74, 6) is 0.738. The minimum absolute atomic E-state index is 0. The molecule has 0 aromatic carbocycles. The monoisotopic (exact) mass is 1560 g/mol. The molecule has 6 fully saturated rings. The number of aromatic carboxylic acids is 1. The van der Waals surface area contributed by atoms with Gasteiger partial charge in [0.05, 0.1) is 38.4 Å². The number of hydrogen-bond donors (Lipinski definition) is 7. The van der Waals surface area contributed by atoms with Crippen molar-refractivity contribution < 1.29 is 53.1 Å². The van der Waals surface area contributed by atoms with E-state index in [1.54, 1.807) is 94.0 Å². The van der Waals surface area contributed by atoms with Crippen LogP contribution in [-0.4, -0.2) is 110 Å². The third-order valence-corrected chi connectivity index (χ3v) is 26.1. The average molecular weight is 1560 g/mol. The molecule has 0 radical (unpaired) electrons. The quantitative estimate of drug-likeness (QED) is 0.0431. The number of halogens is 1. The second-order valence-corrected chi connectivity index (χ2v) is 39.1. The van der Waals surface area contributed by atoms with E-state index in [4.69, 9.17) is 32.2 Å². The number of carbonyl (C=O) groups is 4. The predicted octanol–water partition coefficient (Wildman–Crippen LogP) is 15.9. The van der Waals surface area contributed by atoms with Gasteiger partial charge in [-0.2, -0.15) is 0 Å². The van der Waals surface area contributed by atoms with Gasteiger partial charge in [-0.25, -0.2) is 24.0 Å². The first-order valence-electron chi connectivity index (χ1n) is 38.7. The van der Waals surface area contributed by atoms with Crippen LogP contribution in [0.1, 0.15) is 286 Å². The van der Waals surface area contributed by atoms with E-state index < -0.39 is 43.3 Å². The lowest BCUT2D eigenvalue weighted by Gasteiger charge is -2.32. The summed E-state index contributed by atoms with van der Waals surface area (Å²) in [5.41, 5.74) is 15.2. The highest BCUT2D eigenvalue weighted by molar-refractivity contribution is 6.78. The Morgan fingerprint density at radius 2 is 0.789 bits per heavy atom. The lowest BCUT2D eigenvalue weighted by Crippen LogP contribution is -2.32. The lowest BCUT2D eigenvalue weighted by molar-refractivity contribution is 0.0587. The summed E-state index contributed by atoms with van der Waals surface area (Å²) < 4.78 is 25.3. The first kappa shape index (κ1) is 97.7. The molecular weight excluding hydrogens is 1430 g/mol. The van der Waals surface area contributed by atoms with Crippen molar-refractivity contribution in [3.8, 4) is 0 Å². The molecule has 6 aliphatic rings. The SMILES string of the molecule is C.CC(C)(C)[Si](C)(C)C.CC1CCC(N)CC1.CC1CCC(n2cccc(C(=O)O)c2=O)CC1.CC1CCC(n2cccc(NC(=O)OC(C)(C)C)c2=O)CC1.COC(=O)c1cccn(C2CCC(C)CC2)c1=O.COC(=O)c1cccoc1=O.Cl.NC1CCC(O)CC1.Nc1cccn(C2CCC(O)CC2)c1=O. The molecule has 0 atom stereocenters. The van der Waals surface area contributed by atoms with E-state index >= 15 is 0 Å². The van der Waals surface area contributed by atoms with Gasteiger partial charge in [0, 0.05) is 69.1 Å². The van der Waals surface area contributed by atoms with Gasteiger partial charge in [-0.05, 0) is 264 Å². The lowest BCUT2D eigenvalue weighted by atomic mass is 9.87. The van der Waals surface area contributed by atoms with Crippen LogP contribution in [0.15, 0.2) is 120 Å². The number of rotatable bonds is 8. The standard InChI is InChI=1S/C17H26N2O3.C14H19NO3.C13H17NO3.C11H16N2O2.C7H15N.C7H6O4.C7H18Si.C6H13NO.CH4.ClH/c1-12-7-9-13(10-8-12)19-11-5-6-14(15(19)20)18-16(21)22-17(2,3)4;1-10-5-7-11(8-6-10)15-9-3-4-12(13(15)16)14(17)18-2;1-9-4-6-10(7-5-9)14-8-2-3-11(12(14)15)13(16)17;12-10-2-1-7-13(11(10)15)8-3-5-9(14)6-4-8;1-6-2-4-7(8)5-3-6;1-10-6(8)5-3-2-4-11-7(5)9;1-7(2,3)8(4,5)6;7-5-1-3-6(8)4-2-5;;/h5-6,11-13H,7-10H2,1-4H3,(H,18,21);3-4,9-11H,5-8H2,1-2H3;2-3,8-10H,4-7H2,1H3,(H,16,17);1-2,7-9,14H,3-6,12H2;6-7H,2-5,8H2,1H3;2-4H,1H3;1-6H3;5-6,8H,1-4,7H2;1H4;1H. The Hall–Kier alpha value is -7.42. The van der Waals surface area contributed by atoms with Crippen molar-refractivity contribution in [2.75, 3.05) is 25.3 Å². The minimum atomic E-state index is -1.14. The molecule has 5 aromatic heterocycles. The summed E-state index contributed by atoms with van der Waals surface area (Å²) in [5, 5.41) is 30.4. The van der Waals surface area contributed by atoms with Gasteiger partial charge in [-0.3, -0.25) is 24.5 Å². The van der Waals surface area contributed by atoms with Crippen LogP contribution in [0.25, 0.3) is 0 Å². The second kappa shape index (κ2) is 47.7. The van der Waals surface area contributed by atoms with Crippen molar-refractivity contribution >= 4 is 55.9 Å². The van der Waals surface area contributed by atoms with Crippen molar-refractivity contribution in [3.05, 3.63) is 160 Å². The molecule has 10 N–H and O–H groups in total. The van der Waals surface area contributed by atoms with E-state index in [2.05, 4.69) is 87.3 Å². The Morgan fingerprint density at radius 1 is 0.477 bits per heavy atom. The number of nitrogens with one attached hydrogen (secondary N) is 1. The van der Waals surface area contributed by atoms with Crippen LogP contribution in [0.2, 0.25) is 24.7 Å². The largest absolute Gasteiger partial charge is 0.477 e. The number of aliphatic hydroxyl groups excluding tert-OH is 2. The fourth-order valence-electron chi connectivity index (χ4n) is 13.1. The number of aromatic nitrogens is 4. The molecule has 0 saturated heterocycles. The third-order valence-electron chi connectivity index (χ3n) is 21.6. The Bertz CT molecular complexity index is 3770. The number of pyridine rings is 4. The number of methoxy groups -OCH3 is 2. The predicted molar refractivity (Wildman–Crippen MR) is 440 cm³/mol. The van der Waals surface area contributed by atoms with Crippen LogP contribution in [-0.2, 0) is 14.2 Å². The topological polar surface area (TPSA) is 365 Å². The molecule has 26 heteroatoms. The van der Waals surface area contributed by atoms with E-state index in [0.29, 0.717) is 28.7 Å². The Labute approximate surface area is 654 Å². The molecular formula is C83H135ClN8O16Si. The summed E-state index contributed by atoms with van der Waals surface area (Å²) in [4.78, 5) is 104. The number of nitrogens with two attached hydrogens (primary N) is 3. The van der Waals surface area contributed by atoms with E-state index in [-0.39, 0.29) is 101 Å². The summed E-state index contributed by atoms with van der Waals surface area (Å²) in [6.45, 7) is 28.6. The Morgan fingerprint density at radius 3 is 1.15 bits per heavy atom. The molecule has 6 aliphatic carbocycles. The minimum Gasteiger partial charge on any atom is -0.477 e. The summed E-state index contributed by atoms with van der Waals surface area (Å²) in [6, 6.07) is 17.6. The zero-order valence-electron chi connectivity index (χ0n) is 67.1. The fraction of sp³-hybridized carbons (Fsp3) is 0.651. The number of anilines is 2. The summed E-state index contributed by atoms with van der Waals surface area (Å²) in [7, 11) is 1.64. The van der Waals surface area contributed by atoms with E-state index in [1.807, 2.05) is 6.20 Å². The molecule has 11 rings (SSSR count). The fourth-order valence-corrected chi connectivity index (χ4v) is 13.1. The van der Waals surface area contributed by atoms with Crippen molar-refractivity contribution in [1.82, 2.24) is 18.3 Å². The number of ether oxygens (including phenoxy) is 3. The van der Waals surface area contributed by atoms with Crippen molar-refractivity contribution in [2.24, 2.45) is 35.1 Å². The van der Waals surface area contributed by atoms with Crippen LogP contribution < -0.4 is 50.4 Å². The highest BCUT2D eigenvalue weighted by Crippen LogP contribution is 2.36. The van der Waals surface area contributed by atoms with Crippen molar-refractivity contribution in [2.45, 2.75) is 310 Å². The van der Waals surface area contributed by atoms with Crippen molar-refractivity contribution in [1.29, 1.82) is 0 Å². The molecule has 5 aromatic rings. The number of carboxylic acids is 1. The first-order chi connectivity index (χ1) is 50.2. The van der Waals surface area contributed by atoms with Crippen LogP contribution in [0.3, 0.4) is 0 Å². The van der Waals surface area contributed by atoms with Crippen LogP contribution in [0.5, 0.6) is 0 Å². The number of amides is 1. The van der Waals surface area contributed by atoms with Crippen LogP contribution in [0.4, 0.5) is 16.2 Å². The molecule has 5 heterocycles. The average Bonchev–Trinajstić information content (AvgIpc) is 0.845. The Balaban J connectivity index is 0.000000432. The van der Waals surface area contributed by atoms with Gasteiger partial charge < -0.3 is 69.4 Å². The molecule has 6 saturated carbocycles. The highest BCUT2D eigenvalue weighted by Gasteiger charge is 2.30. The first-order valence-corrected chi connectivity index (χ1v) is 42.2. The van der Waals surface area contributed by atoms with Crippen molar-refractivity contribution in [3.63, 3.8) is 0 Å². The van der Waals surface area contributed by atoms with Gasteiger partial charge in [0.2, 0.25) is 0 Å². The third kappa shape index (κ3) is 34.0. The highest BCUT2D eigenvalue weighted by atomic mass is 35.5. The van der Waals surface area contributed by atoms with Gasteiger partial charge in [-0.15, -0.1) is 12.4 Å². The van der Waals surface area contributed by atoms with E-state index in [9.17, 15) is 48.3 Å². The molecule has 614 valence electrons. The smallest absolute Gasteiger partial charge is 0.412 e. The maximum Gasteiger partial charge on any atom is 0.412 e. The molecule has 0 unspecified atom stereocenters. The van der Waals surface area contributed by atoms with Gasteiger partial charge in [0.1, 0.15) is 28.0 Å². The van der Waals surface area contributed by atoms with Gasteiger partial charge >= 0.3 is 29.6 Å². The second-order valence-electron chi connectivity index (χ2n) is 33.1. The molecule has 24 nitrogen and oxygen atoms in total. The number of nitrogens with zero attached hydrogens (tertiary/aromatic N) is 4.